The van der Waals surface area contributed by atoms with E-state index < -0.39 is 81.5 Å². The Hall–Kier alpha value is -2.33. The van der Waals surface area contributed by atoms with Crippen LogP contribution >= 0.6 is 7.82 Å². The molecule has 0 saturated heterocycles. The third-order valence-corrected chi connectivity index (χ3v) is 9.27. The summed E-state index contributed by atoms with van der Waals surface area (Å²) < 4.78 is 32.7. The molecule has 0 aromatic rings. The number of unbranched alkanes of at least 4 members (excludes halogenated alkanes) is 11. The standard InChI is InChI=1S/C35H59O15P/c1-2-3-4-5-6-7-8-9-10-11-12-13-14-15-16-21-28(38)47-24-27(49-29(39)22-17-19-26(37)20-18-23-36)25-48-51(45,46)50-35-33(43)31(41)30(40)32(42)34(35)44/h9-10,18,20,23,27,30-35,40-44H,2-8,11-17,19,21-22,24-25H2,1H3,(H,45,46)/b10-9-,20-18+/t27-,30?,31-,32?,33?,34?,35?/m1/s1. The van der Waals surface area contributed by atoms with Crippen molar-refractivity contribution in [3.63, 3.8) is 0 Å². The van der Waals surface area contributed by atoms with Crippen molar-refractivity contribution in [2.75, 3.05) is 13.2 Å². The second-order valence-corrected chi connectivity index (χ2v) is 14.1. The van der Waals surface area contributed by atoms with Gasteiger partial charge in [0.1, 0.15) is 49.5 Å². The topological polar surface area (TPSA) is 244 Å². The number of allylic oxidation sites excluding steroid dienone is 4. The van der Waals surface area contributed by atoms with Crippen LogP contribution in [-0.2, 0) is 42.3 Å². The van der Waals surface area contributed by atoms with Crippen LogP contribution in [0.2, 0.25) is 0 Å². The Kier molecular flexibility index (Phi) is 25.0. The van der Waals surface area contributed by atoms with Gasteiger partial charge < -0.3 is 39.9 Å². The fourth-order valence-corrected chi connectivity index (χ4v) is 6.25. The zero-order chi connectivity index (χ0) is 38.1. The zero-order valence-electron chi connectivity index (χ0n) is 29.7. The number of hydrogen-bond acceptors (Lipinski definition) is 14. The number of rotatable bonds is 29. The molecule has 6 unspecified atom stereocenters. The molecule has 0 aliphatic heterocycles. The molecule has 0 radical (unpaired) electrons. The fraction of sp³-hybridized carbons (Fsp3) is 0.771. The lowest BCUT2D eigenvalue weighted by Gasteiger charge is -2.41. The van der Waals surface area contributed by atoms with E-state index in [1.807, 2.05) is 0 Å². The molecule has 0 aromatic carbocycles. The molecule has 1 fully saturated rings. The number of phosphoric ester groups is 1. The van der Waals surface area contributed by atoms with Gasteiger partial charge in [-0.3, -0.25) is 28.2 Å². The van der Waals surface area contributed by atoms with E-state index in [2.05, 4.69) is 19.1 Å². The largest absolute Gasteiger partial charge is 0.472 e. The third-order valence-electron chi connectivity index (χ3n) is 8.29. The molecule has 0 bridgehead atoms. The number of hydrogen-bond donors (Lipinski definition) is 6. The number of phosphoric acid groups is 1. The first-order valence-electron chi connectivity index (χ1n) is 18.0. The maximum absolute atomic E-state index is 12.6. The second-order valence-electron chi connectivity index (χ2n) is 12.7. The molecule has 16 heteroatoms. The van der Waals surface area contributed by atoms with Crippen LogP contribution < -0.4 is 0 Å². The second kappa shape index (κ2) is 27.3. The Bertz CT molecular complexity index is 1100. The number of ether oxygens (including phenoxy) is 2. The molecular weight excluding hydrogens is 691 g/mol. The van der Waals surface area contributed by atoms with Crippen LogP contribution in [0.3, 0.4) is 0 Å². The average Bonchev–Trinajstić information content (AvgIpc) is 3.10. The van der Waals surface area contributed by atoms with Crippen molar-refractivity contribution in [1.82, 2.24) is 0 Å². The fourth-order valence-electron chi connectivity index (χ4n) is 5.28. The van der Waals surface area contributed by atoms with Gasteiger partial charge in [-0.15, -0.1) is 0 Å². The highest BCUT2D eigenvalue weighted by molar-refractivity contribution is 7.47. The van der Waals surface area contributed by atoms with Gasteiger partial charge >= 0.3 is 19.8 Å². The van der Waals surface area contributed by atoms with Crippen molar-refractivity contribution in [2.24, 2.45) is 0 Å². The molecule has 294 valence electrons. The van der Waals surface area contributed by atoms with E-state index in [9.17, 15) is 54.2 Å². The molecule has 0 aromatic heterocycles. The van der Waals surface area contributed by atoms with Gasteiger partial charge in [0.15, 0.2) is 11.9 Å². The molecule has 0 heterocycles. The Morgan fingerprint density at radius 1 is 0.686 bits per heavy atom. The minimum Gasteiger partial charge on any atom is -0.462 e. The highest BCUT2D eigenvalue weighted by Gasteiger charge is 2.51. The lowest BCUT2D eigenvalue weighted by molar-refractivity contribution is -0.220. The molecule has 0 amide bonds. The van der Waals surface area contributed by atoms with Crippen LogP contribution in [0.1, 0.15) is 116 Å². The molecule has 1 rings (SSSR count). The predicted octanol–water partition coefficient (Wildman–Crippen LogP) is 3.29. The van der Waals surface area contributed by atoms with E-state index in [0.717, 1.165) is 50.7 Å². The Morgan fingerprint density at radius 2 is 1.22 bits per heavy atom. The minimum atomic E-state index is -5.19. The van der Waals surface area contributed by atoms with E-state index in [4.69, 9.17) is 18.5 Å². The van der Waals surface area contributed by atoms with Crippen LogP contribution in [0.4, 0.5) is 0 Å². The van der Waals surface area contributed by atoms with Gasteiger partial charge in [-0.05, 0) is 50.7 Å². The predicted molar refractivity (Wildman–Crippen MR) is 185 cm³/mol. The molecule has 1 aliphatic rings. The SMILES string of the molecule is CCCCCCCC/C=C\CCCCCCCC(=O)OC[C@H](COP(=O)(O)OC1C(O)C(O)C(O)[C@@H](O)C1O)OC(=O)CCCC(=O)/C=C/C=O. The molecule has 8 atom stereocenters. The van der Waals surface area contributed by atoms with E-state index in [1.54, 1.807) is 0 Å². The first-order valence-corrected chi connectivity index (χ1v) is 19.5. The normalized spacial score (nSPS) is 24.0. The van der Waals surface area contributed by atoms with E-state index in [0.29, 0.717) is 12.7 Å². The number of ketones is 1. The van der Waals surface area contributed by atoms with E-state index >= 15 is 0 Å². The van der Waals surface area contributed by atoms with Gasteiger partial charge in [-0.2, -0.15) is 0 Å². The van der Waals surface area contributed by atoms with Gasteiger partial charge in [0.25, 0.3) is 0 Å². The molecule has 1 saturated carbocycles. The maximum Gasteiger partial charge on any atom is 0.472 e. The van der Waals surface area contributed by atoms with Crippen LogP contribution in [0.5, 0.6) is 0 Å². The van der Waals surface area contributed by atoms with Crippen molar-refractivity contribution < 1.29 is 72.7 Å². The molecular formula is C35H59O15P. The zero-order valence-corrected chi connectivity index (χ0v) is 30.6. The summed E-state index contributed by atoms with van der Waals surface area (Å²) >= 11 is 0. The number of aldehydes is 1. The highest BCUT2D eigenvalue weighted by Crippen LogP contribution is 2.47. The summed E-state index contributed by atoms with van der Waals surface area (Å²) in [5.41, 5.74) is 0. The number of carbonyl (C=O) groups excluding carboxylic acids is 4. The summed E-state index contributed by atoms with van der Waals surface area (Å²) in [7, 11) is -5.19. The van der Waals surface area contributed by atoms with Gasteiger partial charge in [-0.25, -0.2) is 4.57 Å². The van der Waals surface area contributed by atoms with E-state index in [-0.39, 0.29) is 25.7 Å². The van der Waals surface area contributed by atoms with E-state index in [1.165, 1.54) is 38.5 Å². The monoisotopic (exact) mass is 750 g/mol. The smallest absolute Gasteiger partial charge is 0.462 e. The van der Waals surface area contributed by atoms with Crippen LogP contribution in [0.15, 0.2) is 24.3 Å². The van der Waals surface area contributed by atoms with Crippen molar-refractivity contribution in [3.05, 3.63) is 24.3 Å². The number of aliphatic hydroxyl groups is 5. The lowest BCUT2D eigenvalue weighted by Crippen LogP contribution is -2.64. The Balaban J connectivity index is 2.54. The number of aliphatic hydroxyl groups excluding tert-OH is 5. The Morgan fingerprint density at radius 3 is 1.80 bits per heavy atom. The number of carbonyl (C=O) groups is 4. The van der Waals surface area contributed by atoms with Crippen molar-refractivity contribution in [2.45, 2.75) is 159 Å². The first kappa shape index (κ1) is 46.7. The highest BCUT2D eigenvalue weighted by atomic mass is 31.2. The first-order chi connectivity index (χ1) is 24.3. The minimum absolute atomic E-state index is 0.0548. The summed E-state index contributed by atoms with van der Waals surface area (Å²) in [6, 6.07) is 0. The summed E-state index contributed by atoms with van der Waals surface area (Å²) in [6.07, 6.45) is 7.42. The van der Waals surface area contributed by atoms with Crippen molar-refractivity contribution >= 4 is 31.8 Å². The Labute approximate surface area is 300 Å². The van der Waals surface area contributed by atoms with Crippen LogP contribution in [0.25, 0.3) is 0 Å². The lowest BCUT2D eigenvalue weighted by atomic mass is 9.85. The summed E-state index contributed by atoms with van der Waals surface area (Å²) in [4.78, 5) is 57.1. The molecule has 6 N–H and O–H groups in total. The average molecular weight is 751 g/mol. The van der Waals surface area contributed by atoms with Crippen molar-refractivity contribution in [1.29, 1.82) is 0 Å². The van der Waals surface area contributed by atoms with Gasteiger partial charge in [0.05, 0.1) is 6.61 Å². The quantitative estimate of drug-likeness (QED) is 0.0160. The van der Waals surface area contributed by atoms with Gasteiger partial charge in [0, 0.05) is 19.3 Å². The molecule has 15 nitrogen and oxygen atoms in total. The molecule has 1 aliphatic carbocycles. The summed E-state index contributed by atoms with van der Waals surface area (Å²) in [5, 5.41) is 49.6. The van der Waals surface area contributed by atoms with Crippen molar-refractivity contribution in [3.8, 4) is 0 Å². The van der Waals surface area contributed by atoms with Crippen LogP contribution in [-0.4, -0.2) is 110 Å². The van der Waals surface area contributed by atoms with Gasteiger partial charge in [0.2, 0.25) is 0 Å². The maximum atomic E-state index is 12.6. The summed E-state index contributed by atoms with van der Waals surface area (Å²) in [6.45, 7) is 0.799. The third kappa shape index (κ3) is 21.1. The molecule has 0 spiro atoms. The van der Waals surface area contributed by atoms with Gasteiger partial charge in [-0.1, -0.05) is 70.4 Å². The molecule has 51 heavy (non-hydrogen) atoms. The number of esters is 2. The van der Waals surface area contributed by atoms with Crippen LogP contribution in [0, 0.1) is 0 Å². The summed E-state index contributed by atoms with van der Waals surface area (Å²) in [5.74, 6) is -1.84.